The number of rotatable bonds is 3. The number of hydrogen-bond acceptors (Lipinski definition) is 6. The molecule has 0 aromatic rings. The van der Waals surface area contributed by atoms with Gasteiger partial charge in [0.15, 0.2) is 17.5 Å². The van der Waals surface area contributed by atoms with Crippen LogP contribution in [0, 0.1) is 0 Å². The van der Waals surface area contributed by atoms with Crippen molar-refractivity contribution < 1.29 is 28.9 Å². The van der Waals surface area contributed by atoms with Gasteiger partial charge in [-0.05, 0) is 13.8 Å². The molecule has 0 aromatic carbocycles. The zero-order chi connectivity index (χ0) is 13.6. The van der Waals surface area contributed by atoms with Crippen LogP contribution in [-0.2, 0) is 23.8 Å². The van der Waals surface area contributed by atoms with Gasteiger partial charge in [0.1, 0.15) is 6.10 Å². The van der Waals surface area contributed by atoms with E-state index in [0.29, 0.717) is 0 Å². The first kappa shape index (κ1) is 13.2. The molecule has 0 bridgehead atoms. The molecule has 18 heavy (non-hydrogen) atoms. The van der Waals surface area contributed by atoms with Crippen LogP contribution in [0.5, 0.6) is 0 Å². The maximum Gasteiger partial charge on any atom is 0.378 e. The Hall–Kier alpha value is -1.24. The summed E-state index contributed by atoms with van der Waals surface area (Å²) in [6, 6.07) is 0. The smallest absolute Gasteiger partial charge is 0.378 e. The van der Waals surface area contributed by atoms with Crippen LogP contribution < -0.4 is 0 Å². The lowest BCUT2D eigenvalue weighted by molar-refractivity contribution is -0.174. The fourth-order valence-electron chi connectivity index (χ4n) is 2.25. The van der Waals surface area contributed by atoms with Crippen molar-refractivity contribution in [2.75, 3.05) is 6.61 Å². The molecular formula is C12H16O6. The molecule has 6 nitrogen and oxygen atoms in total. The maximum absolute atomic E-state index is 11.7. The molecule has 1 N–H and O–H groups in total. The van der Waals surface area contributed by atoms with E-state index < -0.39 is 35.3 Å². The topological polar surface area (TPSA) is 82.1 Å². The van der Waals surface area contributed by atoms with Gasteiger partial charge >= 0.3 is 5.97 Å². The highest BCUT2D eigenvalue weighted by Gasteiger charge is 2.60. The predicted octanol–water partition coefficient (Wildman–Crippen LogP) is -0.0604. The second-order valence-electron chi connectivity index (χ2n) is 4.94. The quantitative estimate of drug-likeness (QED) is 0.433. The fourth-order valence-corrected chi connectivity index (χ4v) is 2.25. The van der Waals surface area contributed by atoms with Crippen molar-refractivity contribution in [2.24, 2.45) is 0 Å². The lowest BCUT2D eigenvalue weighted by atomic mass is 9.87. The monoisotopic (exact) mass is 256 g/mol. The fraction of sp³-hybridized carbons (Fsp3) is 0.667. The Balaban J connectivity index is 2.24. The van der Waals surface area contributed by atoms with Gasteiger partial charge < -0.3 is 19.3 Å². The minimum atomic E-state index is -1.91. The summed E-state index contributed by atoms with van der Waals surface area (Å²) in [7, 11) is 0. The molecular weight excluding hydrogens is 240 g/mol. The van der Waals surface area contributed by atoms with E-state index >= 15 is 0 Å². The average molecular weight is 256 g/mol. The average Bonchev–Trinajstić information content (AvgIpc) is 2.73. The number of ether oxygens (including phenoxy) is 3. The largest absolute Gasteiger partial charge is 0.450 e. The summed E-state index contributed by atoms with van der Waals surface area (Å²) in [4.78, 5) is 23.0. The van der Waals surface area contributed by atoms with E-state index in [4.69, 9.17) is 14.2 Å². The second kappa shape index (κ2) is 4.15. The molecule has 2 aliphatic rings. The standard InChI is InChI=1S/C12H16O6/c1-4-5-12(15)8(13)10(14)17-9(12)7-6-16-11(2,3)18-7/h4,7,9,15H,1,5-6H2,2-3H3/t7-,9+,12?/m0/s1. The molecule has 2 fully saturated rings. The molecule has 0 spiro atoms. The van der Waals surface area contributed by atoms with Crippen LogP contribution in [0.1, 0.15) is 20.3 Å². The highest BCUT2D eigenvalue weighted by Crippen LogP contribution is 2.35. The summed E-state index contributed by atoms with van der Waals surface area (Å²) in [5.74, 6) is -2.82. The molecule has 1 unspecified atom stereocenters. The first-order valence-corrected chi connectivity index (χ1v) is 5.70. The number of cyclic esters (lactones) is 1. The molecule has 0 saturated carbocycles. The number of carbonyl (C=O) groups is 2. The lowest BCUT2D eigenvalue weighted by Crippen LogP contribution is -2.50. The SMILES string of the molecule is C=CCC1(O)C(=O)C(=O)O[C@@H]1[C@@H]1COC(C)(C)O1. The van der Waals surface area contributed by atoms with Crippen molar-refractivity contribution in [3.8, 4) is 0 Å². The van der Waals surface area contributed by atoms with Crippen LogP contribution in [0.4, 0.5) is 0 Å². The minimum Gasteiger partial charge on any atom is -0.450 e. The first-order chi connectivity index (χ1) is 8.30. The van der Waals surface area contributed by atoms with Gasteiger partial charge in [-0.1, -0.05) is 6.08 Å². The summed E-state index contributed by atoms with van der Waals surface area (Å²) in [5, 5.41) is 10.3. The molecule has 6 heteroatoms. The van der Waals surface area contributed by atoms with E-state index in [1.54, 1.807) is 13.8 Å². The Morgan fingerprint density at radius 1 is 1.50 bits per heavy atom. The van der Waals surface area contributed by atoms with Gasteiger partial charge in [0.05, 0.1) is 6.61 Å². The van der Waals surface area contributed by atoms with Crippen LogP contribution in [0.2, 0.25) is 0 Å². The molecule has 100 valence electrons. The Bertz CT molecular complexity index is 401. The molecule has 2 heterocycles. The summed E-state index contributed by atoms with van der Waals surface area (Å²) in [5.41, 5.74) is -1.91. The summed E-state index contributed by atoms with van der Waals surface area (Å²) >= 11 is 0. The molecule has 3 atom stereocenters. The van der Waals surface area contributed by atoms with Gasteiger partial charge in [-0.2, -0.15) is 0 Å². The highest BCUT2D eigenvalue weighted by molar-refractivity contribution is 6.39. The number of carbonyl (C=O) groups excluding carboxylic acids is 2. The van der Waals surface area contributed by atoms with Gasteiger partial charge in [0.25, 0.3) is 5.78 Å². The van der Waals surface area contributed by atoms with E-state index in [0.717, 1.165) is 0 Å². The number of Topliss-reactive ketones (excluding diaryl/α,β-unsaturated/α-hetero) is 1. The number of ketones is 1. The summed E-state index contributed by atoms with van der Waals surface area (Å²) in [6.07, 6.45) is -0.422. The van der Waals surface area contributed by atoms with E-state index in [1.807, 2.05) is 0 Å². The van der Waals surface area contributed by atoms with E-state index in [2.05, 4.69) is 6.58 Å². The second-order valence-corrected chi connectivity index (χ2v) is 4.94. The molecule has 0 radical (unpaired) electrons. The molecule has 0 aliphatic carbocycles. The Kier molecular flexibility index (Phi) is 3.04. The van der Waals surface area contributed by atoms with Crippen LogP contribution in [0.25, 0.3) is 0 Å². The number of hydrogen-bond donors (Lipinski definition) is 1. The zero-order valence-electron chi connectivity index (χ0n) is 10.3. The summed E-state index contributed by atoms with van der Waals surface area (Å²) < 4.78 is 15.8. The lowest BCUT2D eigenvalue weighted by Gasteiger charge is -2.28. The van der Waals surface area contributed by atoms with Crippen LogP contribution in [0.3, 0.4) is 0 Å². The van der Waals surface area contributed by atoms with E-state index in [9.17, 15) is 14.7 Å². The zero-order valence-corrected chi connectivity index (χ0v) is 10.3. The molecule has 2 saturated heterocycles. The molecule has 0 amide bonds. The van der Waals surface area contributed by atoms with Crippen molar-refractivity contribution in [3.05, 3.63) is 12.7 Å². The first-order valence-electron chi connectivity index (χ1n) is 5.70. The predicted molar refractivity (Wildman–Crippen MR) is 59.6 cm³/mol. The van der Waals surface area contributed by atoms with Crippen molar-refractivity contribution >= 4 is 11.8 Å². The van der Waals surface area contributed by atoms with Gasteiger partial charge in [-0.3, -0.25) is 4.79 Å². The molecule has 2 aliphatic heterocycles. The highest BCUT2D eigenvalue weighted by atomic mass is 16.8. The molecule has 0 aromatic heterocycles. The Labute approximate surface area is 105 Å². The van der Waals surface area contributed by atoms with Crippen molar-refractivity contribution in [1.29, 1.82) is 0 Å². The van der Waals surface area contributed by atoms with E-state index in [1.165, 1.54) is 6.08 Å². The Morgan fingerprint density at radius 3 is 2.67 bits per heavy atom. The normalized spacial score (nSPS) is 38.8. The summed E-state index contributed by atoms with van der Waals surface area (Å²) in [6.45, 7) is 7.03. The van der Waals surface area contributed by atoms with Gasteiger partial charge in [-0.25, -0.2) is 4.79 Å². The van der Waals surface area contributed by atoms with Crippen molar-refractivity contribution in [1.82, 2.24) is 0 Å². The molecule has 2 rings (SSSR count). The third kappa shape index (κ3) is 1.96. The van der Waals surface area contributed by atoms with E-state index in [-0.39, 0.29) is 13.0 Å². The third-order valence-electron chi connectivity index (χ3n) is 3.11. The van der Waals surface area contributed by atoms with Crippen LogP contribution in [0.15, 0.2) is 12.7 Å². The van der Waals surface area contributed by atoms with Gasteiger partial charge in [0.2, 0.25) is 0 Å². The van der Waals surface area contributed by atoms with Crippen LogP contribution >= 0.6 is 0 Å². The minimum absolute atomic E-state index is 0.0669. The Morgan fingerprint density at radius 2 is 2.17 bits per heavy atom. The van der Waals surface area contributed by atoms with Crippen LogP contribution in [-0.4, -0.2) is 47.1 Å². The van der Waals surface area contributed by atoms with Crippen molar-refractivity contribution in [3.63, 3.8) is 0 Å². The third-order valence-corrected chi connectivity index (χ3v) is 3.11. The van der Waals surface area contributed by atoms with Gasteiger partial charge in [-0.15, -0.1) is 6.58 Å². The van der Waals surface area contributed by atoms with Crippen molar-refractivity contribution in [2.45, 2.75) is 43.9 Å². The number of aliphatic hydroxyl groups is 1. The number of esters is 1. The van der Waals surface area contributed by atoms with Gasteiger partial charge in [0, 0.05) is 6.42 Å². The maximum atomic E-state index is 11.7.